The van der Waals surface area contributed by atoms with Gasteiger partial charge >= 0.3 is 0 Å². The molecule has 3 aromatic rings. The number of nitrogens with zero attached hydrogens (tertiary/aromatic N) is 2. The summed E-state index contributed by atoms with van der Waals surface area (Å²) in [6, 6.07) is 16.6. The first kappa shape index (κ1) is 19.8. The Morgan fingerprint density at radius 3 is 2.93 bits per heavy atom. The molecule has 30 heavy (non-hydrogen) atoms. The highest BCUT2D eigenvalue weighted by molar-refractivity contribution is 7.98. The lowest BCUT2D eigenvalue weighted by atomic mass is 10.1. The number of aromatic nitrogens is 1. The molecule has 1 aliphatic rings. The van der Waals surface area contributed by atoms with Crippen LogP contribution in [0.15, 0.2) is 70.9 Å². The zero-order valence-corrected chi connectivity index (χ0v) is 17.0. The number of pyridine rings is 1. The minimum Gasteiger partial charge on any atom is -0.496 e. The highest BCUT2D eigenvalue weighted by atomic mass is 32.2. The molecule has 0 saturated carbocycles. The summed E-state index contributed by atoms with van der Waals surface area (Å²) >= 11 is 1.62. The number of amides is 1. The fraction of sp³-hybridized carbons (Fsp3) is 0.136. The van der Waals surface area contributed by atoms with Crippen molar-refractivity contribution in [1.29, 1.82) is 0 Å². The van der Waals surface area contributed by atoms with Crippen molar-refractivity contribution >= 4 is 23.9 Å². The first-order valence-corrected chi connectivity index (χ1v) is 10.2. The number of hydrazone groups is 1. The zero-order valence-electron chi connectivity index (χ0n) is 16.2. The van der Waals surface area contributed by atoms with Gasteiger partial charge in [-0.1, -0.05) is 6.07 Å². The highest BCUT2D eigenvalue weighted by Crippen LogP contribution is 2.32. The third kappa shape index (κ3) is 4.72. The molecule has 0 aliphatic carbocycles. The predicted molar refractivity (Wildman–Crippen MR) is 114 cm³/mol. The molecule has 0 spiro atoms. The van der Waals surface area contributed by atoms with Crippen molar-refractivity contribution in [3.63, 3.8) is 0 Å². The maximum atomic E-state index is 12.3. The molecule has 8 heteroatoms. The fourth-order valence-corrected chi connectivity index (χ4v) is 3.68. The van der Waals surface area contributed by atoms with Crippen LogP contribution in [0, 0.1) is 0 Å². The van der Waals surface area contributed by atoms with Gasteiger partial charge in [-0.2, -0.15) is 5.10 Å². The summed E-state index contributed by atoms with van der Waals surface area (Å²) in [6.45, 7) is 0.164. The van der Waals surface area contributed by atoms with Crippen molar-refractivity contribution in [3.8, 4) is 17.2 Å². The van der Waals surface area contributed by atoms with E-state index < -0.39 is 0 Å². The molecule has 1 aliphatic heterocycles. The van der Waals surface area contributed by atoms with Crippen LogP contribution < -0.4 is 19.6 Å². The monoisotopic (exact) mass is 421 g/mol. The lowest BCUT2D eigenvalue weighted by Gasteiger charge is -2.09. The topological polar surface area (TPSA) is 82.0 Å². The van der Waals surface area contributed by atoms with Gasteiger partial charge in [0.2, 0.25) is 6.79 Å². The minimum absolute atomic E-state index is 0.164. The summed E-state index contributed by atoms with van der Waals surface area (Å²) in [4.78, 5) is 16.6. The maximum Gasteiger partial charge on any atom is 0.271 e. The summed E-state index contributed by atoms with van der Waals surface area (Å²) in [7, 11) is 1.64. The van der Waals surface area contributed by atoms with Gasteiger partial charge in [-0.25, -0.2) is 10.4 Å². The molecule has 4 rings (SSSR count). The van der Waals surface area contributed by atoms with Crippen LogP contribution in [0.4, 0.5) is 0 Å². The third-order valence-electron chi connectivity index (χ3n) is 4.33. The SMILES string of the molecule is COc1ccc(C=NNC(=O)c2ccc3c(c2)OCO3)cc1CSc1ccccn1. The van der Waals surface area contributed by atoms with E-state index in [1.54, 1.807) is 49.5 Å². The molecule has 2 aromatic carbocycles. The minimum atomic E-state index is -0.330. The standard InChI is InChI=1S/C22H19N3O4S/c1-27-18-7-5-15(10-17(18)13-30-21-4-2-3-9-23-21)12-24-25-22(26)16-6-8-19-20(11-16)29-14-28-19/h2-12H,13-14H2,1H3,(H,25,26). The number of thioether (sulfide) groups is 1. The average molecular weight is 421 g/mol. The van der Waals surface area contributed by atoms with Crippen molar-refractivity contribution in [1.82, 2.24) is 10.4 Å². The first-order chi connectivity index (χ1) is 14.7. The molecule has 0 atom stereocenters. The Kier molecular flexibility index (Phi) is 6.14. The highest BCUT2D eigenvalue weighted by Gasteiger charge is 2.15. The van der Waals surface area contributed by atoms with E-state index in [2.05, 4.69) is 15.5 Å². The van der Waals surface area contributed by atoms with Gasteiger partial charge in [-0.05, 0) is 54.1 Å². The Morgan fingerprint density at radius 1 is 1.20 bits per heavy atom. The van der Waals surface area contributed by atoms with Gasteiger partial charge in [-0.15, -0.1) is 11.8 Å². The zero-order chi connectivity index (χ0) is 20.8. The predicted octanol–water partition coefficient (Wildman–Crippen LogP) is 3.88. The van der Waals surface area contributed by atoms with E-state index in [-0.39, 0.29) is 12.7 Å². The second-order valence-corrected chi connectivity index (χ2v) is 7.29. The summed E-state index contributed by atoms with van der Waals surface area (Å²) in [5.41, 5.74) is 4.83. The van der Waals surface area contributed by atoms with Gasteiger partial charge in [0.1, 0.15) is 5.75 Å². The molecular weight excluding hydrogens is 402 g/mol. The Bertz CT molecular complexity index is 1070. The van der Waals surface area contributed by atoms with Crippen LogP contribution in [-0.2, 0) is 5.75 Å². The van der Waals surface area contributed by atoms with Crippen LogP contribution in [0.5, 0.6) is 17.2 Å². The molecule has 0 unspecified atom stereocenters. The fourth-order valence-electron chi connectivity index (χ4n) is 2.84. The van der Waals surface area contributed by atoms with Gasteiger partial charge in [0.05, 0.1) is 18.4 Å². The van der Waals surface area contributed by atoms with E-state index in [1.165, 1.54) is 0 Å². The molecule has 7 nitrogen and oxygen atoms in total. The van der Waals surface area contributed by atoms with Crippen LogP contribution in [0.2, 0.25) is 0 Å². The van der Waals surface area contributed by atoms with E-state index in [9.17, 15) is 4.79 Å². The number of hydrogen-bond donors (Lipinski definition) is 1. The second-order valence-electron chi connectivity index (χ2n) is 6.30. The van der Waals surface area contributed by atoms with Gasteiger partial charge in [0, 0.05) is 23.1 Å². The Hall–Kier alpha value is -3.52. The smallest absolute Gasteiger partial charge is 0.271 e. The number of fused-ring (bicyclic) bond motifs is 1. The van der Waals surface area contributed by atoms with E-state index in [0.29, 0.717) is 22.8 Å². The van der Waals surface area contributed by atoms with Crippen molar-refractivity contribution in [3.05, 3.63) is 77.5 Å². The van der Waals surface area contributed by atoms with Crippen LogP contribution in [0.3, 0.4) is 0 Å². The van der Waals surface area contributed by atoms with Crippen LogP contribution in [-0.4, -0.2) is 31.0 Å². The molecule has 1 N–H and O–H groups in total. The van der Waals surface area contributed by atoms with E-state index in [1.807, 2.05) is 36.4 Å². The van der Waals surface area contributed by atoms with Crippen LogP contribution in [0.25, 0.3) is 0 Å². The third-order valence-corrected chi connectivity index (χ3v) is 5.32. The number of carbonyl (C=O) groups excluding carboxylic acids is 1. The van der Waals surface area contributed by atoms with E-state index >= 15 is 0 Å². The van der Waals surface area contributed by atoms with Crippen molar-refractivity contribution in [2.24, 2.45) is 5.10 Å². The summed E-state index contributed by atoms with van der Waals surface area (Å²) < 4.78 is 16.0. The lowest BCUT2D eigenvalue weighted by Crippen LogP contribution is -2.17. The quantitative estimate of drug-likeness (QED) is 0.354. The second kappa shape index (κ2) is 9.32. The van der Waals surface area contributed by atoms with Gasteiger partial charge < -0.3 is 14.2 Å². The van der Waals surface area contributed by atoms with Gasteiger partial charge in [0.25, 0.3) is 5.91 Å². The number of rotatable bonds is 7. The summed E-state index contributed by atoms with van der Waals surface area (Å²) in [5, 5.41) is 5.01. The van der Waals surface area contributed by atoms with Gasteiger partial charge in [0.15, 0.2) is 11.5 Å². The summed E-state index contributed by atoms with van der Waals surface area (Å²) in [5.74, 6) is 2.34. The molecular formula is C22H19N3O4S. The molecule has 152 valence electrons. The number of ether oxygens (including phenoxy) is 3. The molecule has 0 bridgehead atoms. The number of nitrogens with one attached hydrogen (secondary N) is 1. The molecule has 2 heterocycles. The Labute approximate surface area is 178 Å². The van der Waals surface area contributed by atoms with E-state index in [4.69, 9.17) is 14.2 Å². The molecule has 0 radical (unpaired) electrons. The van der Waals surface area contributed by atoms with Gasteiger partial charge in [-0.3, -0.25) is 4.79 Å². The Morgan fingerprint density at radius 2 is 2.10 bits per heavy atom. The molecule has 1 amide bonds. The number of benzene rings is 2. The first-order valence-electron chi connectivity index (χ1n) is 9.17. The van der Waals surface area contributed by atoms with Crippen LogP contribution >= 0.6 is 11.8 Å². The molecule has 1 aromatic heterocycles. The summed E-state index contributed by atoms with van der Waals surface area (Å²) in [6.07, 6.45) is 3.37. The van der Waals surface area contributed by atoms with Crippen LogP contribution in [0.1, 0.15) is 21.5 Å². The van der Waals surface area contributed by atoms with Crippen molar-refractivity contribution < 1.29 is 19.0 Å². The average Bonchev–Trinajstić information content (AvgIpc) is 3.26. The normalized spacial score (nSPS) is 12.2. The molecule has 0 saturated heterocycles. The van der Waals surface area contributed by atoms with Crippen molar-refractivity contribution in [2.75, 3.05) is 13.9 Å². The Balaban J connectivity index is 1.41. The van der Waals surface area contributed by atoms with E-state index in [0.717, 1.165) is 21.9 Å². The number of carbonyl (C=O) groups is 1. The lowest BCUT2D eigenvalue weighted by molar-refractivity contribution is 0.0954. The van der Waals surface area contributed by atoms with Crippen molar-refractivity contribution in [2.45, 2.75) is 10.8 Å². The number of methoxy groups -OCH3 is 1. The molecule has 0 fully saturated rings. The maximum absolute atomic E-state index is 12.3. The number of hydrogen-bond acceptors (Lipinski definition) is 7. The largest absolute Gasteiger partial charge is 0.496 e.